The highest BCUT2D eigenvalue weighted by Gasteiger charge is 2.08. The maximum absolute atomic E-state index is 12.2. The summed E-state index contributed by atoms with van der Waals surface area (Å²) < 4.78 is 2.57. The predicted octanol–water partition coefficient (Wildman–Crippen LogP) is 4.70. The van der Waals surface area contributed by atoms with Gasteiger partial charge in [-0.3, -0.25) is 14.4 Å². The minimum Gasteiger partial charge on any atom is -0.478 e. The fraction of sp³-hybridized carbons (Fsp3) is 0.100. The van der Waals surface area contributed by atoms with E-state index >= 15 is 0 Å². The van der Waals surface area contributed by atoms with Crippen LogP contribution in [0.5, 0.6) is 0 Å². The summed E-state index contributed by atoms with van der Waals surface area (Å²) in [5.74, 6) is -0.406. The van der Waals surface area contributed by atoms with Gasteiger partial charge in [0.05, 0.1) is 34.4 Å². The normalized spacial score (nSPS) is 9.89. The molecule has 0 atom stereocenters. The van der Waals surface area contributed by atoms with Crippen LogP contribution in [0.25, 0.3) is 0 Å². The van der Waals surface area contributed by atoms with Gasteiger partial charge in [-0.1, -0.05) is 36.4 Å². The van der Waals surface area contributed by atoms with Gasteiger partial charge in [-0.05, 0) is 83.6 Å². The quantitative estimate of drug-likeness (QED) is 0.208. The standard InChI is InChI=1S/C20H16N4O2.C13H11N3.C7H7NO3/c1-24-13-17(6-8-19(24)25)20(26)23-18-7-5-16(12-22-18)10-14-3-2-4-15(9-14)11-21;14-8-11-3-1-2-10(6-11)7-12-4-5-13(15)16-9-12;1-8-4-5(7(10)11)2-3-6(8)9/h2-9,12-13H,10H2,1H3,(H,22,23,26);1-6,9H,7H2,(H2,15,16);2-4H,1H3,(H,10,11). The van der Waals surface area contributed by atoms with Gasteiger partial charge in [0, 0.05) is 51.0 Å². The highest BCUT2D eigenvalue weighted by Crippen LogP contribution is 2.14. The van der Waals surface area contributed by atoms with Gasteiger partial charge < -0.3 is 25.3 Å². The van der Waals surface area contributed by atoms with E-state index in [2.05, 4.69) is 27.4 Å². The zero-order valence-electron chi connectivity index (χ0n) is 28.8. The molecule has 13 heteroatoms. The fourth-order valence-electron chi connectivity index (χ4n) is 4.75. The molecule has 0 aliphatic rings. The molecule has 0 fully saturated rings. The number of carbonyl (C=O) groups is 2. The summed E-state index contributed by atoms with van der Waals surface area (Å²) in [4.78, 5) is 53.0. The third kappa shape index (κ3) is 11.7. The van der Waals surface area contributed by atoms with E-state index in [4.69, 9.17) is 21.4 Å². The Morgan fingerprint density at radius 2 is 1.21 bits per heavy atom. The van der Waals surface area contributed by atoms with Crippen molar-refractivity contribution in [1.29, 1.82) is 10.5 Å². The van der Waals surface area contributed by atoms with E-state index in [0.29, 0.717) is 34.7 Å². The van der Waals surface area contributed by atoms with Gasteiger partial charge in [0.25, 0.3) is 5.91 Å². The van der Waals surface area contributed by atoms with Gasteiger partial charge in [-0.2, -0.15) is 10.5 Å². The molecule has 0 unspecified atom stereocenters. The van der Waals surface area contributed by atoms with Crippen molar-refractivity contribution in [2.75, 3.05) is 11.1 Å². The molecule has 0 radical (unpaired) electrons. The Morgan fingerprint density at radius 3 is 1.66 bits per heavy atom. The third-order valence-electron chi connectivity index (χ3n) is 7.52. The lowest BCUT2D eigenvalue weighted by Gasteiger charge is -2.07. The minimum absolute atomic E-state index is 0.118. The van der Waals surface area contributed by atoms with E-state index in [9.17, 15) is 19.2 Å². The van der Waals surface area contributed by atoms with Crippen LogP contribution in [0.3, 0.4) is 0 Å². The molecular formula is C40H34N8O5. The summed E-state index contributed by atoms with van der Waals surface area (Å²) in [5.41, 5.74) is 11.1. The number of nitriles is 2. The van der Waals surface area contributed by atoms with Crippen molar-refractivity contribution in [3.05, 3.63) is 187 Å². The lowest BCUT2D eigenvalue weighted by molar-refractivity contribution is 0.0695. The first-order valence-corrected chi connectivity index (χ1v) is 16.0. The molecule has 2 aromatic carbocycles. The van der Waals surface area contributed by atoms with E-state index in [1.165, 1.54) is 52.8 Å². The molecule has 0 saturated carbocycles. The monoisotopic (exact) mass is 706 g/mol. The molecule has 0 aliphatic carbocycles. The van der Waals surface area contributed by atoms with Gasteiger partial charge in [0.15, 0.2) is 0 Å². The molecule has 0 bridgehead atoms. The van der Waals surface area contributed by atoms with Crippen molar-refractivity contribution < 1.29 is 14.7 Å². The number of aromatic nitrogens is 4. The van der Waals surface area contributed by atoms with Crippen LogP contribution >= 0.6 is 0 Å². The number of nitrogens with two attached hydrogens (primary N) is 1. The smallest absolute Gasteiger partial charge is 0.337 e. The average Bonchev–Trinajstić information content (AvgIpc) is 3.16. The SMILES string of the molecule is Cn1cc(C(=O)Nc2ccc(Cc3cccc(C#N)c3)cn2)ccc1=O.Cn1cc(C(=O)O)ccc1=O.N#Cc1cccc(Cc2ccc(N)nc2)c1. The molecule has 4 N–H and O–H groups in total. The number of amides is 1. The minimum atomic E-state index is -1.03. The number of carboxylic acids is 1. The number of hydrogen-bond acceptors (Lipinski definition) is 9. The zero-order chi connectivity index (χ0) is 38.3. The number of anilines is 2. The van der Waals surface area contributed by atoms with E-state index in [-0.39, 0.29) is 22.6 Å². The van der Waals surface area contributed by atoms with Crippen molar-refractivity contribution in [2.45, 2.75) is 12.8 Å². The number of rotatable bonds is 7. The molecule has 264 valence electrons. The first-order chi connectivity index (χ1) is 25.4. The number of nitrogens with one attached hydrogen (secondary N) is 1. The molecule has 1 amide bonds. The number of pyridine rings is 4. The first kappa shape index (κ1) is 38.2. The van der Waals surface area contributed by atoms with Gasteiger partial charge in [-0.15, -0.1) is 0 Å². The second-order valence-electron chi connectivity index (χ2n) is 11.6. The summed E-state index contributed by atoms with van der Waals surface area (Å²) in [6.07, 6.45) is 7.63. The Morgan fingerprint density at radius 1 is 0.698 bits per heavy atom. The Labute approximate surface area is 304 Å². The summed E-state index contributed by atoms with van der Waals surface area (Å²) in [5, 5.41) is 28.9. The average molecular weight is 707 g/mol. The maximum Gasteiger partial charge on any atom is 0.337 e. The van der Waals surface area contributed by atoms with Crippen molar-refractivity contribution in [2.24, 2.45) is 14.1 Å². The van der Waals surface area contributed by atoms with Crippen LogP contribution in [0.15, 0.2) is 131 Å². The molecule has 0 saturated heterocycles. The van der Waals surface area contributed by atoms with Crippen molar-refractivity contribution in [3.8, 4) is 12.1 Å². The number of nitrogen functional groups attached to an aromatic ring is 1. The van der Waals surface area contributed by atoms with Gasteiger partial charge in [0.2, 0.25) is 11.1 Å². The Hall–Kier alpha value is -7.64. The Kier molecular flexibility index (Phi) is 13.2. The molecule has 6 rings (SSSR count). The van der Waals surface area contributed by atoms with E-state index in [1.54, 1.807) is 43.7 Å². The number of aromatic carboxylic acids is 1. The number of carbonyl (C=O) groups excluding carboxylic acids is 1. The molecule has 53 heavy (non-hydrogen) atoms. The fourth-order valence-corrected chi connectivity index (χ4v) is 4.75. The Bertz CT molecular complexity index is 2420. The molecule has 13 nitrogen and oxygen atoms in total. The molecule has 0 spiro atoms. The predicted molar refractivity (Wildman–Crippen MR) is 199 cm³/mol. The van der Waals surface area contributed by atoms with Gasteiger partial charge in [-0.25, -0.2) is 14.8 Å². The highest BCUT2D eigenvalue weighted by atomic mass is 16.4. The number of benzene rings is 2. The van der Waals surface area contributed by atoms with Crippen LogP contribution in [-0.4, -0.2) is 36.1 Å². The lowest BCUT2D eigenvalue weighted by Crippen LogP contribution is -2.19. The highest BCUT2D eigenvalue weighted by molar-refractivity contribution is 6.03. The summed E-state index contributed by atoms with van der Waals surface area (Å²) in [6.45, 7) is 0. The topological polar surface area (TPSA) is 210 Å². The molecule has 4 aromatic heterocycles. The zero-order valence-corrected chi connectivity index (χ0v) is 28.8. The second-order valence-corrected chi connectivity index (χ2v) is 11.6. The van der Waals surface area contributed by atoms with Crippen molar-refractivity contribution >= 4 is 23.5 Å². The molecule has 6 aromatic rings. The summed E-state index contributed by atoms with van der Waals surface area (Å²) >= 11 is 0. The second kappa shape index (κ2) is 18.4. The van der Waals surface area contributed by atoms with Crippen LogP contribution in [0, 0.1) is 22.7 Å². The van der Waals surface area contributed by atoms with Crippen molar-refractivity contribution in [3.63, 3.8) is 0 Å². The van der Waals surface area contributed by atoms with Crippen LogP contribution in [0.1, 0.15) is 54.1 Å². The number of carboxylic acid groups (broad SMARTS) is 1. The van der Waals surface area contributed by atoms with Crippen LogP contribution in [0.2, 0.25) is 0 Å². The first-order valence-electron chi connectivity index (χ1n) is 16.0. The maximum atomic E-state index is 12.2. The van der Waals surface area contributed by atoms with E-state index in [0.717, 1.165) is 28.7 Å². The van der Waals surface area contributed by atoms with Crippen LogP contribution in [-0.2, 0) is 26.9 Å². The summed E-state index contributed by atoms with van der Waals surface area (Å²) in [6, 6.07) is 31.9. The Balaban J connectivity index is 0.000000197. The number of hydrogen-bond donors (Lipinski definition) is 3. The molecular weight excluding hydrogens is 672 g/mol. The van der Waals surface area contributed by atoms with E-state index in [1.807, 2.05) is 48.5 Å². The molecule has 4 heterocycles. The molecule has 0 aliphatic heterocycles. The van der Waals surface area contributed by atoms with Gasteiger partial charge in [0.1, 0.15) is 11.6 Å². The van der Waals surface area contributed by atoms with Crippen LogP contribution < -0.4 is 22.2 Å². The number of nitrogens with zero attached hydrogens (tertiary/aromatic N) is 6. The van der Waals surface area contributed by atoms with Gasteiger partial charge >= 0.3 is 5.97 Å². The summed E-state index contributed by atoms with van der Waals surface area (Å²) in [7, 11) is 3.10. The van der Waals surface area contributed by atoms with Crippen LogP contribution in [0.4, 0.5) is 11.6 Å². The largest absolute Gasteiger partial charge is 0.478 e. The lowest BCUT2D eigenvalue weighted by atomic mass is 10.0. The van der Waals surface area contributed by atoms with Crippen molar-refractivity contribution in [1.82, 2.24) is 19.1 Å². The number of aryl methyl sites for hydroxylation is 2. The van der Waals surface area contributed by atoms with E-state index < -0.39 is 5.97 Å². The third-order valence-corrected chi connectivity index (χ3v) is 7.52.